The van der Waals surface area contributed by atoms with Gasteiger partial charge in [0.05, 0.1) is 0 Å². The van der Waals surface area contributed by atoms with E-state index in [1.54, 1.807) is 13.8 Å². The highest BCUT2D eigenvalue weighted by Gasteiger charge is 2.28. The topological polar surface area (TPSA) is 95.5 Å². The van der Waals surface area contributed by atoms with Crippen molar-refractivity contribution in [3.63, 3.8) is 0 Å². The summed E-state index contributed by atoms with van der Waals surface area (Å²) in [5.74, 6) is -1.49. The van der Waals surface area contributed by atoms with E-state index >= 15 is 0 Å². The smallest absolute Gasteiger partial charge is 0.303 e. The van der Waals surface area contributed by atoms with Crippen LogP contribution in [0.3, 0.4) is 0 Å². The lowest BCUT2D eigenvalue weighted by Gasteiger charge is -2.24. The Morgan fingerprint density at radius 1 is 1.14 bits per heavy atom. The Morgan fingerprint density at radius 3 is 2.19 bits per heavy atom. The molecule has 0 aromatic heterocycles. The zero-order valence-electron chi connectivity index (χ0n) is 13.5. The summed E-state index contributed by atoms with van der Waals surface area (Å²) >= 11 is 0. The maximum Gasteiger partial charge on any atom is 0.303 e. The first-order valence-corrected chi connectivity index (χ1v) is 7.24. The minimum absolute atomic E-state index is 0.148. The SMILES string of the molecule is C=CC(=O)NC(C)(C)C(=O)NCCCCCC(=O)O.CC. The molecule has 0 aliphatic carbocycles. The molecular weight excluding hydrogens is 272 g/mol. The number of carboxylic acid groups (broad SMARTS) is 1. The normalized spacial score (nSPS) is 9.90. The van der Waals surface area contributed by atoms with Gasteiger partial charge in [-0.2, -0.15) is 0 Å². The van der Waals surface area contributed by atoms with Crippen molar-refractivity contribution in [1.82, 2.24) is 10.6 Å². The van der Waals surface area contributed by atoms with E-state index in [-0.39, 0.29) is 12.3 Å². The van der Waals surface area contributed by atoms with E-state index < -0.39 is 17.4 Å². The second-order valence-electron chi connectivity index (χ2n) is 4.78. The van der Waals surface area contributed by atoms with Gasteiger partial charge in [-0.25, -0.2) is 0 Å². The van der Waals surface area contributed by atoms with Crippen molar-refractivity contribution >= 4 is 17.8 Å². The summed E-state index contributed by atoms with van der Waals surface area (Å²) in [6.07, 6.45) is 3.31. The molecule has 2 amide bonds. The number of nitrogens with one attached hydrogen (secondary N) is 2. The Balaban J connectivity index is 0. The maximum absolute atomic E-state index is 11.8. The molecule has 0 atom stereocenters. The Labute approximate surface area is 127 Å². The number of aliphatic carboxylic acids is 1. The van der Waals surface area contributed by atoms with Crippen LogP contribution in [0.25, 0.3) is 0 Å². The highest BCUT2D eigenvalue weighted by atomic mass is 16.4. The van der Waals surface area contributed by atoms with Crippen molar-refractivity contribution in [2.75, 3.05) is 6.54 Å². The minimum atomic E-state index is -0.994. The first-order valence-electron chi connectivity index (χ1n) is 7.24. The highest BCUT2D eigenvalue weighted by molar-refractivity contribution is 5.94. The average Bonchev–Trinajstić information content (AvgIpc) is 2.43. The number of rotatable bonds is 9. The third-order valence-corrected chi connectivity index (χ3v) is 2.54. The summed E-state index contributed by atoms with van der Waals surface area (Å²) in [4.78, 5) is 33.2. The van der Waals surface area contributed by atoms with Gasteiger partial charge in [0.25, 0.3) is 0 Å². The van der Waals surface area contributed by atoms with Gasteiger partial charge < -0.3 is 15.7 Å². The van der Waals surface area contributed by atoms with Gasteiger partial charge >= 0.3 is 5.97 Å². The summed E-state index contributed by atoms with van der Waals surface area (Å²) in [6, 6.07) is 0. The molecule has 21 heavy (non-hydrogen) atoms. The van der Waals surface area contributed by atoms with E-state index in [2.05, 4.69) is 17.2 Å². The molecule has 0 aliphatic rings. The fourth-order valence-corrected chi connectivity index (χ4v) is 1.42. The Hall–Kier alpha value is -1.85. The van der Waals surface area contributed by atoms with Gasteiger partial charge in [-0.1, -0.05) is 26.8 Å². The number of carboxylic acids is 1. The van der Waals surface area contributed by atoms with Crippen LogP contribution in [-0.2, 0) is 14.4 Å². The van der Waals surface area contributed by atoms with Gasteiger partial charge in [0.15, 0.2) is 0 Å². The largest absolute Gasteiger partial charge is 0.481 e. The van der Waals surface area contributed by atoms with Crippen LogP contribution in [0.1, 0.15) is 53.4 Å². The zero-order valence-corrected chi connectivity index (χ0v) is 13.5. The fourth-order valence-electron chi connectivity index (χ4n) is 1.42. The molecule has 0 aromatic rings. The predicted molar refractivity (Wildman–Crippen MR) is 82.9 cm³/mol. The van der Waals surface area contributed by atoms with E-state index in [9.17, 15) is 14.4 Å². The maximum atomic E-state index is 11.8. The molecule has 0 saturated carbocycles. The van der Waals surface area contributed by atoms with Crippen molar-refractivity contribution in [2.45, 2.75) is 58.9 Å². The lowest BCUT2D eigenvalue weighted by atomic mass is 10.0. The molecule has 0 rings (SSSR count). The number of amides is 2. The van der Waals surface area contributed by atoms with Crippen LogP contribution in [-0.4, -0.2) is 35.0 Å². The number of hydrogen-bond acceptors (Lipinski definition) is 3. The lowest BCUT2D eigenvalue weighted by Crippen LogP contribution is -2.54. The Bertz CT molecular complexity index is 352. The minimum Gasteiger partial charge on any atom is -0.481 e. The molecule has 3 N–H and O–H groups in total. The monoisotopic (exact) mass is 300 g/mol. The summed E-state index contributed by atoms with van der Waals surface area (Å²) in [6.45, 7) is 11.0. The van der Waals surface area contributed by atoms with Crippen LogP contribution in [0.15, 0.2) is 12.7 Å². The van der Waals surface area contributed by atoms with E-state index in [1.807, 2.05) is 13.8 Å². The Morgan fingerprint density at radius 2 is 1.71 bits per heavy atom. The van der Waals surface area contributed by atoms with Crippen LogP contribution in [0.4, 0.5) is 0 Å². The number of carbonyl (C=O) groups excluding carboxylic acids is 2. The molecule has 0 bridgehead atoms. The van der Waals surface area contributed by atoms with E-state index in [0.29, 0.717) is 19.4 Å². The fraction of sp³-hybridized carbons (Fsp3) is 0.667. The molecule has 0 radical (unpaired) electrons. The molecule has 0 fully saturated rings. The second kappa shape index (κ2) is 11.9. The molecular formula is C15H28N2O4. The zero-order chi connectivity index (χ0) is 16.9. The molecule has 6 heteroatoms. The van der Waals surface area contributed by atoms with Crippen molar-refractivity contribution in [2.24, 2.45) is 0 Å². The van der Waals surface area contributed by atoms with Gasteiger partial charge in [-0.3, -0.25) is 14.4 Å². The van der Waals surface area contributed by atoms with Crippen molar-refractivity contribution < 1.29 is 19.5 Å². The van der Waals surface area contributed by atoms with E-state index in [4.69, 9.17) is 5.11 Å². The first kappa shape index (κ1) is 21.4. The number of carbonyl (C=O) groups is 3. The first-order chi connectivity index (χ1) is 9.79. The average molecular weight is 300 g/mol. The highest BCUT2D eigenvalue weighted by Crippen LogP contribution is 2.03. The Kier molecular flexibility index (Phi) is 12.2. The molecule has 0 aliphatic heterocycles. The van der Waals surface area contributed by atoms with Gasteiger partial charge in [0.1, 0.15) is 5.54 Å². The van der Waals surface area contributed by atoms with E-state index in [1.165, 1.54) is 0 Å². The van der Waals surface area contributed by atoms with E-state index in [0.717, 1.165) is 12.5 Å². The van der Waals surface area contributed by atoms with Crippen molar-refractivity contribution in [3.8, 4) is 0 Å². The van der Waals surface area contributed by atoms with Crippen molar-refractivity contribution in [3.05, 3.63) is 12.7 Å². The molecule has 122 valence electrons. The van der Waals surface area contributed by atoms with Crippen LogP contribution in [0.5, 0.6) is 0 Å². The molecule has 0 saturated heterocycles. The third kappa shape index (κ3) is 11.7. The van der Waals surface area contributed by atoms with Crippen LogP contribution in [0.2, 0.25) is 0 Å². The summed E-state index contributed by atoms with van der Waals surface area (Å²) in [5.41, 5.74) is -0.994. The molecule has 0 heterocycles. The predicted octanol–water partition coefficient (Wildman–Crippen LogP) is 1.85. The van der Waals surface area contributed by atoms with Crippen LogP contribution in [0, 0.1) is 0 Å². The van der Waals surface area contributed by atoms with Crippen LogP contribution >= 0.6 is 0 Å². The van der Waals surface area contributed by atoms with Crippen molar-refractivity contribution in [1.29, 1.82) is 0 Å². The van der Waals surface area contributed by atoms with Gasteiger partial charge in [-0.05, 0) is 32.8 Å². The molecule has 0 unspecified atom stereocenters. The molecule has 0 aromatic carbocycles. The summed E-state index contributed by atoms with van der Waals surface area (Å²) < 4.78 is 0. The van der Waals surface area contributed by atoms with Crippen LogP contribution < -0.4 is 10.6 Å². The number of unbranched alkanes of at least 4 members (excludes halogenated alkanes) is 2. The van der Waals surface area contributed by atoms with Gasteiger partial charge in [0, 0.05) is 13.0 Å². The summed E-state index contributed by atoms with van der Waals surface area (Å²) in [5, 5.41) is 13.7. The number of hydrogen-bond donors (Lipinski definition) is 3. The third-order valence-electron chi connectivity index (χ3n) is 2.54. The molecule has 0 spiro atoms. The van der Waals surface area contributed by atoms with Gasteiger partial charge in [0.2, 0.25) is 11.8 Å². The quantitative estimate of drug-likeness (QED) is 0.447. The van der Waals surface area contributed by atoms with Gasteiger partial charge in [-0.15, -0.1) is 0 Å². The molecule has 6 nitrogen and oxygen atoms in total. The lowest BCUT2D eigenvalue weighted by molar-refractivity contribution is -0.137. The second-order valence-corrected chi connectivity index (χ2v) is 4.78. The summed E-state index contributed by atoms with van der Waals surface area (Å²) in [7, 11) is 0. The standard InChI is InChI=1S/C13H22N2O4.C2H6/c1-4-10(16)15-13(2,3)12(19)14-9-7-5-6-8-11(17)18;1-2/h4H,1,5-9H2,2-3H3,(H,14,19)(H,15,16)(H,17,18);1-2H3.